The third-order valence-corrected chi connectivity index (χ3v) is 5.09. The molecule has 0 amide bonds. The smallest absolute Gasteiger partial charge is 0.131 e. The first-order chi connectivity index (χ1) is 11.5. The van der Waals surface area contributed by atoms with Crippen LogP contribution in [0.15, 0.2) is 42.5 Å². The van der Waals surface area contributed by atoms with Crippen molar-refractivity contribution in [1.82, 2.24) is 0 Å². The minimum absolute atomic E-state index is 0.121. The molecule has 0 unspecified atom stereocenters. The van der Waals surface area contributed by atoms with Gasteiger partial charge in [0.1, 0.15) is 19.4 Å². The average Bonchev–Trinajstić information content (AvgIpc) is 2.94. The van der Waals surface area contributed by atoms with E-state index in [0.717, 1.165) is 30.3 Å². The van der Waals surface area contributed by atoms with Crippen molar-refractivity contribution < 1.29 is 9.13 Å². The normalized spacial score (nSPS) is 16.1. The third kappa shape index (κ3) is 3.00. The Balaban J connectivity index is 2.22. The summed E-state index contributed by atoms with van der Waals surface area (Å²) >= 11 is 0. The van der Waals surface area contributed by atoms with Gasteiger partial charge in [-0.2, -0.15) is 0 Å². The molecular weight excluding hydrogens is 298 g/mol. The second-order valence-electron chi connectivity index (χ2n) is 7.12. The monoisotopic (exact) mass is 322 g/mol. The summed E-state index contributed by atoms with van der Waals surface area (Å²) in [5.41, 5.74) is 5.44. The van der Waals surface area contributed by atoms with Gasteiger partial charge in [0.05, 0.1) is 7.11 Å². The van der Waals surface area contributed by atoms with Gasteiger partial charge < -0.3 is 4.74 Å². The average molecular weight is 322 g/mol. The second-order valence-corrected chi connectivity index (χ2v) is 7.12. The van der Waals surface area contributed by atoms with Crippen LogP contribution >= 0.6 is 0 Å². The van der Waals surface area contributed by atoms with Crippen LogP contribution in [0.25, 0.3) is 16.7 Å². The molecule has 0 N–H and O–H groups in total. The Morgan fingerprint density at radius 3 is 2.50 bits per heavy atom. The van der Waals surface area contributed by atoms with E-state index < -0.39 is 0 Å². The van der Waals surface area contributed by atoms with Gasteiger partial charge in [-0.15, -0.1) is 0 Å². The Bertz CT molecular complexity index is 792. The Hall–Kier alpha value is -2.03. The molecule has 2 aromatic rings. The van der Waals surface area contributed by atoms with E-state index >= 15 is 0 Å². The van der Waals surface area contributed by atoms with E-state index in [1.54, 1.807) is 19.2 Å². The zero-order valence-electron chi connectivity index (χ0n) is 14.9. The first-order valence-electron chi connectivity index (χ1n) is 8.64. The van der Waals surface area contributed by atoms with E-state index in [9.17, 15) is 4.39 Å². The molecule has 0 saturated carbocycles. The number of methoxy groups -OCH3 is 1. The summed E-state index contributed by atoms with van der Waals surface area (Å²) in [4.78, 5) is 0. The SMILES string of the molecule is BCc1ccc(-c2cc(OC)ccc2F)c(C2=CCCC2(C)C)c1. The van der Waals surface area contributed by atoms with E-state index in [4.69, 9.17) is 4.74 Å². The van der Waals surface area contributed by atoms with Gasteiger partial charge in [-0.3, -0.25) is 0 Å². The van der Waals surface area contributed by atoms with Gasteiger partial charge in [0.2, 0.25) is 0 Å². The van der Waals surface area contributed by atoms with Crippen LogP contribution in [0.3, 0.4) is 0 Å². The fourth-order valence-corrected chi connectivity index (χ4v) is 3.57. The molecular formula is C21H24BFO. The van der Waals surface area contributed by atoms with Crippen LogP contribution in [-0.2, 0) is 6.32 Å². The molecule has 0 fully saturated rings. The maximum absolute atomic E-state index is 14.6. The van der Waals surface area contributed by atoms with Crippen molar-refractivity contribution in [3.63, 3.8) is 0 Å². The van der Waals surface area contributed by atoms with Gasteiger partial charge in [-0.05, 0) is 53.2 Å². The number of hydrogen-bond donors (Lipinski definition) is 0. The maximum Gasteiger partial charge on any atom is 0.131 e. The van der Waals surface area contributed by atoms with Gasteiger partial charge in [-0.25, -0.2) is 4.39 Å². The van der Waals surface area contributed by atoms with Gasteiger partial charge in [0.25, 0.3) is 0 Å². The molecule has 2 aromatic carbocycles. The third-order valence-electron chi connectivity index (χ3n) is 5.09. The van der Waals surface area contributed by atoms with Crippen LogP contribution < -0.4 is 4.74 Å². The number of allylic oxidation sites excluding steroid dienone is 2. The fraction of sp³-hybridized carbons (Fsp3) is 0.333. The summed E-state index contributed by atoms with van der Waals surface area (Å²) in [5.74, 6) is 0.467. The van der Waals surface area contributed by atoms with E-state index in [1.165, 1.54) is 17.2 Å². The molecule has 1 nitrogen and oxygen atoms in total. The largest absolute Gasteiger partial charge is 0.497 e. The lowest BCUT2D eigenvalue weighted by molar-refractivity contribution is 0.414. The lowest BCUT2D eigenvalue weighted by Gasteiger charge is -2.25. The Morgan fingerprint density at radius 2 is 1.88 bits per heavy atom. The highest BCUT2D eigenvalue weighted by Gasteiger charge is 2.30. The lowest BCUT2D eigenvalue weighted by atomic mass is 9.78. The van der Waals surface area contributed by atoms with E-state index in [0.29, 0.717) is 11.3 Å². The summed E-state index contributed by atoms with van der Waals surface area (Å²) in [6.45, 7) is 4.55. The molecule has 124 valence electrons. The van der Waals surface area contributed by atoms with E-state index in [1.807, 2.05) is 0 Å². The van der Waals surface area contributed by atoms with Crippen molar-refractivity contribution in [3.05, 3.63) is 59.4 Å². The molecule has 0 bridgehead atoms. The van der Waals surface area contributed by atoms with Gasteiger partial charge in [-0.1, -0.05) is 50.0 Å². The molecule has 0 atom stereocenters. The maximum atomic E-state index is 14.6. The highest BCUT2D eigenvalue weighted by molar-refractivity contribution is 6.08. The topological polar surface area (TPSA) is 9.23 Å². The molecule has 3 rings (SSSR count). The number of ether oxygens (including phenoxy) is 1. The predicted molar refractivity (Wildman–Crippen MR) is 102 cm³/mol. The molecule has 0 aromatic heterocycles. The fourth-order valence-electron chi connectivity index (χ4n) is 3.57. The number of halogens is 1. The highest BCUT2D eigenvalue weighted by Crippen LogP contribution is 2.47. The molecule has 0 heterocycles. The van der Waals surface area contributed by atoms with Crippen molar-refractivity contribution >= 4 is 13.4 Å². The lowest BCUT2D eigenvalue weighted by Crippen LogP contribution is -2.10. The van der Waals surface area contributed by atoms with Crippen molar-refractivity contribution in [2.45, 2.75) is 33.0 Å². The minimum atomic E-state index is -0.210. The molecule has 0 spiro atoms. The van der Waals surface area contributed by atoms with Crippen molar-refractivity contribution in [2.24, 2.45) is 5.41 Å². The van der Waals surface area contributed by atoms with Gasteiger partial charge in [0, 0.05) is 5.56 Å². The second kappa shape index (κ2) is 6.47. The van der Waals surface area contributed by atoms with Crippen LogP contribution in [0, 0.1) is 11.2 Å². The van der Waals surface area contributed by atoms with Crippen LogP contribution in [0.4, 0.5) is 4.39 Å². The van der Waals surface area contributed by atoms with Crippen LogP contribution in [0.1, 0.15) is 37.8 Å². The molecule has 0 aliphatic heterocycles. The van der Waals surface area contributed by atoms with Crippen molar-refractivity contribution in [1.29, 1.82) is 0 Å². The summed E-state index contributed by atoms with van der Waals surface area (Å²) in [6.07, 6.45) is 5.51. The number of hydrogen-bond acceptors (Lipinski definition) is 1. The first kappa shape index (κ1) is 16.8. The van der Waals surface area contributed by atoms with E-state index in [-0.39, 0.29) is 11.2 Å². The molecule has 0 saturated heterocycles. The molecule has 3 heteroatoms. The number of rotatable bonds is 4. The summed E-state index contributed by atoms with van der Waals surface area (Å²) in [7, 11) is 3.76. The minimum Gasteiger partial charge on any atom is -0.497 e. The molecule has 1 aliphatic rings. The Morgan fingerprint density at radius 1 is 1.08 bits per heavy atom. The van der Waals surface area contributed by atoms with Gasteiger partial charge >= 0.3 is 0 Å². The van der Waals surface area contributed by atoms with Gasteiger partial charge in [0.15, 0.2) is 0 Å². The Kier molecular flexibility index (Phi) is 4.53. The summed E-state index contributed by atoms with van der Waals surface area (Å²) in [5, 5.41) is 0. The van der Waals surface area contributed by atoms with Crippen LogP contribution in [0.5, 0.6) is 5.75 Å². The predicted octanol–water partition coefficient (Wildman–Crippen LogP) is 4.84. The van der Waals surface area contributed by atoms with Crippen LogP contribution in [-0.4, -0.2) is 15.0 Å². The Labute approximate surface area is 145 Å². The first-order valence-corrected chi connectivity index (χ1v) is 8.64. The molecule has 24 heavy (non-hydrogen) atoms. The quantitative estimate of drug-likeness (QED) is 0.732. The molecule has 1 aliphatic carbocycles. The zero-order valence-corrected chi connectivity index (χ0v) is 14.9. The standard InChI is InChI=1S/C21H24BFO/c1-21(2)10-4-5-19(21)17-11-14(13-22)6-8-16(17)18-12-15(24-3)7-9-20(18)23/h5-9,11-12H,4,10,13,22H2,1-3H3. The van der Waals surface area contributed by atoms with Crippen molar-refractivity contribution in [2.75, 3.05) is 7.11 Å². The highest BCUT2D eigenvalue weighted by atomic mass is 19.1. The molecule has 0 radical (unpaired) electrons. The summed E-state index contributed by atoms with van der Waals surface area (Å²) < 4.78 is 19.9. The number of benzene rings is 2. The van der Waals surface area contributed by atoms with E-state index in [2.05, 4.69) is 46.0 Å². The summed E-state index contributed by atoms with van der Waals surface area (Å²) in [6, 6.07) is 11.3. The van der Waals surface area contributed by atoms with Crippen LogP contribution in [0.2, 0.25) is 0 Å². The van der Waals surface area contributed by atoms with Crippen molar-refractivity contribution in [3.8, 4) is 16.9 Å². The zero-order chi connectivity index (χ0) is 17.3.